The highest BCUT2D eigenvalue weighted by atomic mass is 35.5. The van der Waals surface area contributed by atoms with Gasteiger partial charge in [0, 0.05) is 31.2 Å². The molecule has 1 aromatic rings. The second-order valence-electron chi connectivity index (χ2n) is 4.83. The van der Waals surface area contributed by atoms with Gasteiger partial charge in [-0.3, -0.25) is 0 Å². The highest BCUT2D eigenvalue weighted by molar-refractivity contribution is 7.89. The summed E-state index contributed by atoms with van der Waals surface area (Å²) in [4.78, 5) is 0.300. The van der Waals surface area contributed by atoms with Gasteiger partial charge in [0.15, 0.2) is 0 Å². The molecule has 1 N–H and O–H groups in total. The Bertz CT molecular complexity index is 556. The van der Waals surface area contributed by atoms with Crippen LogP contribution in [-0.4, -0.2) is 32.4 Å². The summed E-state index contributed by atoms with van der Waals surface area (Å²) in [5, 5.41) is 3.95. The molecule has 0 amide bonds. The third-order valence-corrected chi connectivity index (χ3v) is 5.63. The number of hydrogen-bond acceptors (Lipinski definition) is 3. The van der Waals surface area contributed by atoms with Crippen LogP contribution in [0, 0.1) is 0 Å². The maximum atomic E-state index is 12.2. The Hall–Kier alpha value is -0.620. The van der Waals surface area contributed by atoms with E-state index in [0.717, 1.165) is 5.56 Å². The van der Waals surface area contributed by atoms with Crippen LogP contribution in [0.2, 0.25) is 5.02 Å². The maximum Gasteiger partial charge on any atom is 0.242 e. The first-order chi connectivity index (χ1) is 8.95. The van der Waals surface area contributed by atoms with Crippen molar-refractivity contribution in [3.63, 3.8) is 0 Å². The molecular formula is C13H19ClN2O2S. The van der Waals surface area contributed by atoms with Crippen molar-refractivity contribution in [3.8, 4) is 0 Å². The van der Waals surface area contributed by atoms with Crippen LogP contribution in [0.25, 0.3) is 0 Å². The zero-order chi connectivity index (χ0) is 14.0. The number of rotatable bonds is 6. The van der Waals surface area contributed by atoms with E-state index in [0.29, 0.717) is 29.0 Å². The number of sulfonamides is 1. The summed E-state index contributed by atoms with van der Waals surface area (Å²) in [6.45, 7) is 2.87. The number of halogens is 1. The third kappa shape index (κ3) is 3.48. The van der Waals surface area contributed by atoms with Crippen LogP contribution < -0.4 is 5.32 Å². The Labute approximate surface area is 119 Å². The molecule has 106 valence electrons. The summed E-state index contributed by atoms with van der Waals surface area (Å²) >= 11 is 6.12. The van der Waals surface area contributed by atoms with E-state index in [-0.39, 0.29) is 0 Å². The number of hydrogen-bond donors (Lipinski definition) is 1. The van der Waals surface area contributed by atoms with E-state index in [1.807, 2.05) is 6.92 Å². The molecule has 19 heavy (non-hydrogen) atoms. The van der Waals surface area contributed by atoms with Gasteiger partial charge in [0.1, 0.15) is 0 Å². The Morgan fingerprint density at radius 1 is 1.42 bits per heavy atom. The van der Waals surface area contributed by atoms with Crippen LogP contribution in [-0.2, 0) is 16.6 Å². The quantitative estimate of drug-likeness (QED) is 0.877. The van der Waals surface area contributed by atoms with E-state index < -0.39 is 10.0 Å². The second-order valence-corrected chi connectivity index (χ2v) is 7.28. The lowest BCUT2D eigenvalue weighted by Gasteiger charge is -2.16. The van der Waals surface area contributed by atoms with Crippen molar-refractivity contribution in [1.29, 1.82) is 0 Å². The van der Waals surface area contributed by atoms with Crippen molar-refractivity contribution in [2.45, 2.75) is 37.2 Å². The minimum Gasteiger partial charge on any atom is -0.310 e. The average Bonchev–Trinajstić information content (AvgIpc) is 3.20. The van der Waals surface area contributed by atoms with Gasteiger partial charge in [-0.05, 0) is 36.6 Å². The molecule has 1 aliphatic rings. The van der Waals surface area contributed by atoms with Crippen molar-refractivity contribution in [3.05, 3.63) is 28.8 Å². The number of nitrogens with one attached hydrogen (secondary N) is 1. The van der Waals surface area contributed by atoms with E-state index in [1.165, 1.54) is 17.1 Å². The summed E-state index contributed by atoms with van der Waals surface area (Å²) < 4.78 is 25.8. The minimum atomic E-state index is -3.40. The molecule has 4 nitrogen and oxygen atoms in total. The highest BCUT2D eigenvalue weighted by Crippen LogP contribution is 2.24. The molecular weight excluding hydrogens is 284 g/mol. The normalized spacial score (nSPS) is 16.0. The molecule has 1 aromatic carbocycles. The van der Waals surface area contributed by atoms with Gasteiger partial charge in [-0.15, -0.1) is 0 Å². The fourth-order valence-electron chi connectivity index (χ4n) is 1.74. The molecule has 0 spiro atoms. The van der Waals surface area contributed by atoms with Gasteiger partial charge in [0.05, 0.1) is 4.90 Å². The first-order valence-corrected chi connectivity index (χ1v) is 8.25. The Kier molecular flexibility index (Phi) is 4.50. The van der Waals surface area contributed by atoms with Crippen LogP contribution in [0.5, 0.6) is 0 Å². The molecule has 6 heteroatoms. The molecule has 1 fully saturated rings. The van der Waals surface area contributed by atoms with Gasteiger partial charge in [0.2, 0.25) is 10.0 Å². The zero-order valence-corrected chi connectivity index (χ0v) is 12.8. The van der Waals surface area contributed by atoms with Gasteiger partial charge in [-0.2, -0.15) is 0 Å². The predicted octanol–water partition coefficient (Wildman–Crippen LogP) is 2.23. The van der Waals surface area contributed by atoms with E-state index in [4.69, 9.17) is 11.6 Å². The molecule has 0 unspecified atom stereocenters. The van der Waals surface area contributed by atoms with Crippen molar-refractivity contribution < 1.29 is 8.42 Å². The zero-order valence-electron chi connectivity index (χ0n) is 11.2. The molecule has 0 aromatic heterocycles. The Balaban J connectivity index is 2.23. The van der Waals surface area contributed by atoms with E-state index in [2.05, 4.69) is 5.32 Å². The summed E-state index contributed by atoms with van der Waals surface area (Å²) in [6, 6.07) is 5.44. The lowest BCUT2D eigenvalue weighted by molar-refractivity contribution is 0.486. The van der Waals surface area contributed by atoms with Crippen LogP contribution in [0.4, 0.5) is 0 Å². The highest BCUT2D eigenvalue weighted by Gasteiger charge is 2.22. The van der Waals surface area contributed by atoms with Crippen LogP contribution in [0.15, 0.2) is 23.1 Å². The standard InChI is InChI=1S/C13H19ClN2O2S/c1-3-16(2)19(17,18)12-6-7-13(14)10(8-12)9-15-11-4-5-11/h6-8,11,15H,3-5,9H2,1-2H3. The molecule has 2 rings (SSSR count). The molecule has 0 atom stereocenters. The largest absolute Gasteiger partial charge is 0.310 e. The fraction of sp³-hybridized carbons (Fsp3) is 0.538. The van der Waals surface area contributed by atoms with Crippen molar-refractivity contribution in [2.75, 3.05) is 13.6 Å². The molecule has 0 aliphatic heterocycles. The summed E-state index contributed by atoms with van der Waals surface area (Å²) in [5.74, 6) is 0. The lowest BCUT2D eigenvalue weighted by atomic mass is 10.2. The van der Waals surface area contributed by atoms with Crippen molar-refractivity contribution in [2.24, 2.45) is 0 Å². The van der Waals surface area contributed by atoms with Crippen molar-refractivity contribution in [1.82, 2.24) is 9.62 Å². The van der Waals surface area contributed by atoms with Gasteiger partial charge >= 0.3 is 0 Å². The molecule has 0 saturated heterocycles. The van der Waals surface area contributed by atoms with Gasteiger partial charge in [-0.1, -0.05) is 18.5 Å². The van der Waals surface area contributed by atoms with Crippen molar-refractivity contribution >= 4 is 21.6 Å². The first kappa shape index (κ1) is 14.8. The second kappa shape index (κ2) is 5.79. The van der Waals surface area contributed by atoms with Crippen LogP contribution in [0.3, 0.4) is 0 Å². The molecule has 0 radical (unpaired) electrons. The van der Waals surface area contributed by atoms with E-state index in [9.17, 15) is 8.42 Å². The Morgan fingerprint density at radius 3 is 2.68 bits per heavy atom. The monoisotopic (exact) mass is 302 g/mol. The third-order valence-electron chi connectivity index (χ3n) is 3.33. The minimum absolute atomic E-state index is 0.300. The molecule has 1 saturated carbocycles. The van der Waals surface area contributed by atoms with Gasteiger partial charge in [-0.25, -0.2) is 12.7 Å². The van der Waals surface area contributed by atoms with Gasteiger partial charge < -0.3 is 5.32 Å². The number of nitrogens with zero attached hydrogens (tertiary/aromatic N) is 1. The smallest absolute Gasteiger partial charge is 0.242 e. The van der Waals surface area contributed by atoms with Gasteiger partial charge in [0.25, 0.3) is 0 Å². The van der Waals surface area contributed by atoms with Crippen LogP contribution in [0.1, 0.15) is 25.3 Å². The van der Waals surface area contributed by atoms with E-state index >= 15 is 0 Å². The van der Waals surface area contributed by atoms with Crippen LogP contribution >= 0.6 is 11.6 Å². The molecule has 1 aliphatic carbocycles. The first-order valence-electron chi connectivity index (χ1n) is 6.43. The molecule has 0 bridgehead atoms. The van der Waals surface area contributed by atoms with E-state index in [1.54, 1.807) is 25.2 Å². The maximum absolute atomic E-state index is 12.2. The summed E-state index contributed by atoms with van der Waals surface area (Å²) in [7, 11) is -1.83. The Morgan fingerprint density at radius 2 is 2.11 bits per heavy atom. The average molecular weight is 303 g/mol. The fourth-order valence-corrected chi connectivity index (χ4v) is 3.15. The summed E-state index contributed by atoms with van der Waals surface area (Å²) in [6.07, 6.45) is 2.38. The lowest BCUT2D eigenvalue weighted by Crippen LogP contribution is -2.26. The topological polar surface area (TPSA) is 49.4 Å². The predicted molar refractivity (Wildman–Crippen MR) is 76.8 cm³/mol. The molecule has 0 heterocycles. The number of benzene rings is 1. The summed E-state index contributed by atoms with van der Waals surface area (Å²) in [5.41, 5.74) is 0.833. The SMILES string of the molecule is CCN(C)S(=O)(=O)c1ccc(Cl)c(CNC2CC2)c1.